The molecule has 6 heteroatoms. The summed E-state index contributed by atoms with van der Waals surface area (Å²) in [6, 6.07) is 1.97. The third-order valence-corrected chi connectivity index (χ3v) is 2.30. The van der Waals surface area contributed by atoms with Gasteiger partial charge in [0.2, 0.25) is 0 Å². The zero-order valence-corrected chi connectivity index (χ0v) is 8.26. The Kier molecular flexibility index (Phi) is 4.36. The van der Waals surface area contributed by atoms with Crippen molar-refractivity contribution in [3.05, 3.63) is 0 Å². The Morgan fingerprint density at radius 2 is 2.20 bits per heavy atom. The van der Waals surface area contributed by atoms with Gasteiger partial charge in [0.15, 0.2) is 0 Å². The number of alkyl halides is 3. The highest BCUT2D eigenvalue weighted by atomic mass is 19.4. The summed E-state index contributed by atoms with van der Waals surface area (Å²) in [7, 11) is 0. The highest BCUT2D eigenvalue weighted by Crippen LogP contribution is 2.17. The number of hydrogen-bond acceptors (Lipinski definition) is 3. The summed E-state index contributed by atoms with van der Waals surface area (Å²) in [5.74, 6) is 0. The monoisotopic (exact) mass is 222 g/mol. The number of ether oxygens (including phenoxy) is 1. The molecule has 1 aliphatic rings. The highest BCUT2D eigenvalue weighted by molar-refractivity contribution is 4.95. The molecule has 0 saturated carbocycles. The number of hydrogen-bond donors (Lipinski definition) is 0. The van der Waals surface area contributed by atoms with Crippen LogP contribution in [0.4, 0.5) is 13.2 Å². The Morgan fingerprint density at radius 3 is 2.80 bits per heavy atom. The summed E-state index contributed by atoms with van der Waals surface area (Å²) < 4.78 is 39.6. The van der Waals surface area contributed by atoms with E-state index in [1.807, 2.05) is 4.90 Å². The fraction of sp³-hybridized carbons (Fsp3) is 0.889. The average Bonchev–Trinajstić information content (AvgIpc) is 2.58. The molecule has 1 heterocycles. The van der Waals surface area contributed by atoms with E-state index in [0.717, 1.165) is 19.4 Å². The van der Waals surface area contributed by atoms with Crippen molar-refractivity contribution >= 4 is 0 Å². The molecule has 0 aromatic carbocycles. The van der Waals surface area contributed by atoms with Gasteiger partial charge >= 0.3 is 6.18 Å². The minimum atomic E-state index is -4.26. The molecule has 1 unspecified atom stereocenters. The highest BCUT2D eigenvalue weighted by Gasteiger charge is 2.28. The summed E-state index contributed by atoms with van der Waals surface area (Å²) in [5, 5.41) is 8.71. The molecule has 0 aliphatic carbocycles. The van der Waals surface area contributed by atoms with Crippen molar-refractivity contribution in [3.8, 4) is 6.07 Å². The van der Waals surface area contributed by atoms with Crippen LogP contribution < -0.4 is 0 Å². The van der Waals surface area contributed by atoms with Gasteiger partial charge in [0.05, 0.1) is 18.7 Å². The second-order valence-electron chi connectivity index (χ2n) is 3.49. The van der Waals surface area contributed by atoms with Crippen LogP contribution in [0.2, 0.25) is 0 Å². The lowest BCUT2D eigenvalue weighted by atomic mass is 10.2. The lowest BCUT2D eigenvalue weighted by Gasteiger charge is -2.18. The van der Waals surface area contributed by atoms with Gasteiger partial charge in [0.1, 0.15) is 6.61 Å². The van der Waals surface area contributed by atoms with Crippen LogP contribution in [-0.4, -0.2) is 43.4 Å². The van der Waals surface area contributed by atoms with E-state index in [1.165, 1.54) is 0 Å². The van der Waals surface area contributed by atoms with Gasteiger partial charge in [-0.05, 0) is 19.4 Å². The van der Waals surface area contributed by atoms with E-state index in [1.54, 1.807) is 0 Å². The molecule has 86 valence electrons. The molecule has 1 saturated heterocycles. The van der Waals surface area contributed by atoms with Gasteiger partial charge in [0, 0.05) is 6.54 Å². The van der Waals surface area contributed by atoms with Crippen molar-refractivity contribution in [3.63, 3.8) is 0 Å². The quantitative estimate of drug-likeness (QED) is 0.677. The number of nitriles is 1. The van der Waals surface area contributed by atoms with Crippen LogP contribution in [0.15, 0.2) is 0 Å². The van der Waals surface area contributed by atoms with Gasteiger partial charge in [-0.2, -0.15) is 18.4 Å². The molecule has 1 rings (SSSR count). The summed E-state index contributed by atoms with van der Waals surface area (Å²) in [4.78, 5) is 1.86. The Hall–Kier alpha value is -0.800. The Bertz CT molecular complexity index is 236. The molecule has 3 nitrogen and oxygen atoms in total. The van der Waals surface area contributed by atoms with E-state index < -0.39 is 12.8 Å². The molecule has 0 radical (unpaired) electrons. The van der Waals surface area contributed by atoms with Crippen molar-refractivity contribution in [2.45, 2.75) is 25.1 Å². The van der Waals surface area contributed by atoms with Gasteiger partial charge < -0.3 is 4.74 Å². The van der Waals surface area contributed by atoms with Crippen molar-refractivity contribution < 1.29 is 17.9 Å². The van der Waals surface area contributed by atoms with Crippen LogP contribution in [0, 0.1) is 11.3 Å². The largest absolute Gasteiger partial charge is 0.411 e. The number of nitrogens with zero attached hydrogens (tertiary/aromatic N) is 2. The van der Waals surface area contributed by atoms with Crippen LogP contribution in [0.5, 0.6) is 0 Å². The number of likely N-dealkylation sites (tertiary alicyclic amines) is 1. The zero-order chi connectivity index (χ0) is 11.3. The molecule has 0 spiro atoms. The zero-order valence-electron chi connectivity index (χ0n) is 8.26. The Labute approximate surface area is 86.4 Å². The molecule has 1 fully saturated rings. The SMILES string of the molecule is N#CC1CCCN1CCOCC(F)(F)F. The lowest BCUT2D eigenvalue weighted by Crippen LogP contribution is -2.32. The molecule has 0 amide bonds. The first-order chi connectivity index (χ1) is 7.03. The normalized spacial score (nSPS) is 22.9. The third kappa shape index (κ3) is 4.49. The average molecular weight is 222 g/mol. The van der Waals surface area contributed by atoms with Crippen LogP contribution in [-0.2, 0) is 4.74 Å². The van der Waals surface area contributed by atoms with Crippen molar-refractivity contribution in [1.29, 1.82) is 5.26 Å². The van der Waals surface area contributed by atoms with Crippen molar-refractivity contribution in [2.75, 3.05) is 26.3 Å². The maximum atomic E-state index is 11.7. The standard InChI is InChI=1S/C9H13F3N2O/c10-9(11,12)7-15-5-4-14-3-1-2-8(14)6-13/h8H,1-5,7H2. The van der Waals surface area contributed by atoms with Crippen molar-refractivity contribution in [2.24, 2.45) is 0 Å². The van der Waals surface area contributed by atoms with Gasteiger partial charge in [0.25, 0.3) is 0 Å². The lowest BCUT2D eigenvalue weighted by molar-refractivity contribution is -0.174. The predicted octanol–water partition coefficient (Wildman–Crippen LogP) is 1.55. The third-order valence-electron chi connectivity index (χ3n) is 2.30. The summed E-state index contributed by atoms with van der Waals surface area (Å²) in [6.45, 7) is -0.0162. The summed E-state index contributed by atoms with van der Waals surface area (Å²) in [5.41, 5.74) is 0. The molecule has 0 N–H and O–H groups in total. The van der Waals surface area contributed by atoms with E-state index in [2.05, 4.69) is 10.8 Å². The second kappa shape index (κ2) is 5.33. The van der Waals surface area contributed by atoms with Gasteiger partial charge in [-0.1, -0.05) is 0 Å². The Balaban J connectivity index is 2.13. The van der Waals surface area contributed by atoms with Gasteiger partial charge in [-0.25, -0.2) is 0 Å². The topological polar surface area (TPSA) is 36.3 Å². The van der Waals surface area contributed by atoms with Crippen LogP contribution >= 0.6 is 0 Å². The predicted molar refractivity (Wildman–Crippen MR) is 47.1 cm³/mol. The molecule has 0 bridgehead atoms. The number of halogens is 3. The molecule has 1 atom stereocenters. The summed E-state index contributed by atoms with van der Waals surface area (Å²) in [6.07, 6.45) is -2.53. The van der Waals surface area contributed by atoms with E-state index in [-0.39, 0.29) is 12.6 Å². The fourth-order valence-electron chi connectivity index (χ4n) is 1.61. The van der Waals surface area contributed by atoms with E-state index in [9.17, 15) is 13.2 Å². The minimum Gasteiger partial charge on any atom is -0.371 e. The molecular weight excluding hydrogens is 209 g/mol. The first-order valence-electron chi connectivity index (χ1n) is 4.81. The van der Waals surface area contributed by atoms with E-state index >= 15 is 0 Å². The maximum absolute atomic E-state index is 11.7. The van der Waals surface area contributed by atoms with Gasteiger partial charge in [-0.15, -0.1) is 0 Å². The van der Waals surface area contributed by atoms with E-state index in [0.29, 0.717) is 6.54 Å². The smallest absolute Gasteiger partial charge is 0.371 e. The van der Waals surface area contributed by atoms with Gasteiger partial charge in [-0.3, -0.25) is 4.90 Å². The minimum absolute atomic E-state index is 0.0255. The molecule has 0 aromatic rings. The van der Waals surface area contributed by atoms with Crippen LogP contribution in [0.3, 0.4) is 0 Å². The second-order valence-corrected chi connectivity index (χ2v) is 3.49. The summed E-state index contributed by atoms with van der Waals surface area (Å²) >= 11 is 0. The van der Waals surface area contributed by atoms with Crippen LogP contribution in [0.25, 0.3) is 0 Å². The maximum Gasteiger partial charge on any atom is 0.411 e. The molecule has 15 heavy (non-hydrogen) atoms. The molecule has 0 aromatic heterocycles. The van der Waals surface area contributed by atoms with Crippen LogP contribution in [0.1, 0.15) is 12.8 Å². The number of rotatable bonds is 4. The first-order valence-corrected chi connectivity index (χ1v) is 4.81. The molecule has 1 aliphatic heterocycles. The fourth-order valence-corrected chi connectivity index (χ4v) is 1.61. The van der Waals surface area contributed by atoms with Crippen molar-refractivity contribution in [1.82, 2.24) is 4.90 Å². The molecular formula is C9H13F3N2O. The first kappa shape index (κ1) is 12.3. The van der Waals surface area contributed by atoms with E-state index in [4.69, 9.17) is 5.26 Å². The Morgan fingerprint density at radius 1 is 1.47 bits per heavy atom.